The molecule has 4 rings (SSSR count). The first kappa shape index (κ1) is 20.3. The van der Waals surface area contributed by atoms with E-state index in [1.807, 2.05) is 61.7 Å². The number of rotatable bonds is 5. The molecule has 0 saturated heterocycles. The Bertz CT molecular complexity index is 1290. The highest BCUT2D eigenvalue weighted by atomic mass is 32.2. The summed E-state index contributed by atoms with van der Waals surface area (Å²) in [6.07, 6.45) is 0. The van der Waals surface area contributed by atoms with Gasteiger partial charge in [-0.15, -0.1) is 11.3 Å². The summed E-state index contributed by atoms with van der Waals surface area (Å²) in [6, 6.07) is 13.7. The lowest BCUT2D eigenvalue weighted by molar-refractivity contribution is -0.113. The van der Waals surface area contributed by atoms with Gasteiger partial charge in [0.1, 0.15) is 0 Å². The fraction of sp³-hybridized carbons (Fsp3) is 0.182. The summed E-state index contributed by atoms with van der Waals surface area (Å²) in [5, 5.41) is 6.38. The lowest BCUT2D eigenvalue weighted by Gasteiger charge is -2.09. The summed E-state index contributed by atoms with van der Waals surface area (Å²) < 4.78 is 1.48. The number of anilines is 1. The minimum Gasteiger partial charge on any atom is -0.301 e. The molecule has 0 aliphatic carbocycles. The van der Waals surface area contributed by atoms with E-state index in [-0.39, 0.29) is 17.2 Å². The Hall–Kier alpha value is -2.97. The highest BCUT2D eigenvalue weighted by Crippen LogP contribution is 2.25. The summed E-state index contributed by atoms with van der Waals surface area (Å²) in [5.41, 5.74) is 4.55. The van der Waals surface area contributed by atoms with Gasteiger partial charge in [-0.1, -0.05) is 53.2 Å². The van der Waals surface area contributed by atoms with Crippen LogP contribution in [0.25, 0.3) is 22.2 Å². The zero-order valence-corrected chi connectivity index (χ0v) is 18.4. The van der Waals surface area contributed by atoms with Crippen LogP contribution in [-0.4, -0.2) is 26.2 Å². The highest BCUT2D eigenvalue weighted by molar-refractivity contribution is 7.99. The predicted octanol–water partition coefficient (Wildman–Crippen LogP) is 4.40. The van der Waals surface area contributed by atoms with E-state index in [0.29, 0.717) is 21.2 Å². The van der Waals surface area contributed by atoms with Crippen molar-refractivity contribution in [2.24, 2.45) is 7.05 Å². The van der Waals surface area contributed by atoms with Gasteiger partial charge in [0.25, 0.3) is 5.56 Å². The smallest absolute Gasteiger partial charge is 0.261 e. The SMILES string of the molecule is Cc1ccc(-c2csc(NC(=O)CSc3nc4ccc(C)cc4c(=O)n3C)n2)cc1. The molecule has 0 atom stereocenters. The van der Waals surface area contributed by atoms with Gasteiger partial charge in [0.2, 0.25) is 5.91 Å². The molecule has 2 heterocycles. The number of carbonyl (C=O) groups is 1. The van der Waals surface area contributed by atoms with E-state index in [4.69, 9.17) is 0 Å². The van der Waals surface area contributed by atoms with Crippen molar-refractivity contribution in [3.8, 4) is 11.3 Å². The zero-order valence-electron chi connectivity index (χ0n) is 16.8. The molecule has 8 heteroatoms. The Balaban J connectivity index is 1.44. The van der Waals surface area contributed by atoms with Gasteiger partial charge in [-0.25, -0.2) is 9.97 Å². The molecule has 2 aromatic carbocycles. The fourth-order valence-corrected chi connectivity index (χ4v) is 4.47. The lowest BCUT2D eigenvalue weighted by atomic mass is 10.1. The summed E-state index contributed by atoms with van der Waals surface area (Å²) >= 11 is 2.61. The standard InChI is InChI=1S/C22H20N4O2S2/c1-13-4-7-15(8-5-13)18-11-29-21(23-18)25-19(27)12-30-22-24-17-9-6-14(2)10-16(17)20(28)26(22)3/h4-11H,12H2,1-3H3,(H,23,25,27). The molecule has 0 aliphatic heterocycles. The third-order valence-electron chi connectivity index (χ3n) is 4.62. The molecule has 0 radical (unpaired) electrons. The molecule has 0 bridgehead atoms. The number of amides is 1. The van der Waals surface area contributed by atoms with Crippen LogP contribution in [0.2, 0.25) is 0 Å². The van der Waals surface area contributed by atoms with Crippen molar-refractivity contribution < 1.29 is 4.79 Å². The topological polar surface area (TPSA) is 76.9 Å². The van der Waals surface area contributed by atoms with E-state index in [2.05, 4.69) is 15.3 Å². The molecule has 0 saturated carbocycles. The van der Waals surface area contributed by atoms with Gasteiger partial charge in [-0.3, -0.25) is 14.2 Å². The number of thiazole rings is 1. The number of hydrogen-bond donors (Lipinski definition) is 1. The van der Waals surface area contributed by atoms with Crippen LogP contribution in [0.4, 0.5) is 5.13 Å². The van der Waals surface area contributed by atoms with Crippen LogP contribution < -0.4 is 10.9 Å². The number of aryl methyl sites for hydroxylation is 2. The average Bonchev–Trinajstić information content (AvgIpc) is 3.19. The number of aromatic nitrogens is 3. The highest BCUT2D eigenvalue weighted by Gasteiger charge is 2.13. The number of carbonyl (C=O) groups excluding carboxylic acids is 1. The van der Waals surface area contributed by atoms with Crippen molar-refractivity contribution in [1.82, 2.24) is 14.5 Å². The first-order valence-electron chi connectivity index (χ1n) is 9.33. The Kier molecular flexibility index (Phi) is 5.69. The number of benzene rings is 2. The Labute approximate surface area is 182 Å². The van der Waals surface area contributed by atoms with Gasteiger partial charge < -0.3 is 5.32 Å². The molecule has 0 unspecified atom stereocenters. The van der Waals surface area contributed by atoms with E-state index in [0.717, 1.165) is 16.8 Å². The number of thioether (sulfide) groups is 1. The van der Waals surface area contributed by atoms with Gasteiger partial charge in [0.05, 0.1) is 22.3 Å². The molecule has 30 heavy (non-hydrogen) atoms. The van der Waals surface area contributed by atoms with Crippen molar-refractivity contribution in [1.29, 1.82) is 0 Å². The molecular weight excluding hydrogens is 416 g/mol. The quantitative estimate of drug-likeness (QED) is 0.371. The second kappa shape index (κ2) is 8.41. The molecule has 0 fully saturated rings. The van der Waals surface area contributed by atoms with Gasteiger partial charge in [-0.2, -0.15) is 0 Å². The van der Waals surface area contributed by atoms with Gasteiger partial charge in [0.15, 0.2) is 10.3 Å². The summed E-state index contributed by atoms with van der Waals surface area (Å²) in [7, 11) is 1.67. The van der Waals surface area contributed by atoms with Crippen LogP contribution in [0.5, 0.6) is 0 Å². The largest absolute Gasteiger partial charge is 0.301 e. The first-order chi connectivity index (χ1) is 14.4. The molecule has 0 spiro atoms. The molecule has 2 aromatic heterocycles. The van der Waals surface area contributed by atoms with E-state index < -0.39 is 0 Å². The Morgan fingerprint density at radius 1 is 1.10 bits per heavy atom. The predicted molar refractivity (Wildman–Crippen MR) is 123 cm³/mol. The number of nitrogens with zero attached hydrogens (tertiary/aromatic N) is 3. The summed E-state index contributed by atoms with van der Waals surface area (Å²) in [5.74, 6) is -0.0556. The average molecular weight is 437 g/mol. The molecule has 1 N–H and O–H groups in total. The van der Waals surface area contributed by atoms with Crippen molar-refractivity contribution in [2.75, 3.05) is 11.1 Å². The monoisotopic (exact) mass is 436 g/mol. The molecule has 1 amide bonds. The Morgan fingerprint density at radius 3 is 2.60 bits per heavy atom. The van der Waals surface area contributed by atoms with Crippen LogP contribution >= 0.6 is 23.1 Å². The van der Waals surface area contributed by atoms with Gasteiger partial charge >= 0.3 is 0 Å². The second-order valence-electron chi connectivity index (χ2n) is 7.02. The number of hydrogen-bond acceptors (Lipinski definition) is 6. The van der Waals surface area contributed by atoms with E-state index in [1.165, 1.54) is 33.2 Å². The second-order valence-corrected chi connectivity index (χ2v) is 8.82. The molecule has 4 aromatic rings. The van der Waals surface area contributed by atoms with E-state index in [9.17, 15) is 9.59 Å². The van der Waals surface area contributed by atoms with Crippen LogP contribution in [0.3, 0.4) is 0 Å². The fourth-order valence-electron chi connectivity index (χ4n) is 2.97. The summed E-state index contributed by atoms with van der Waals surface area (Å²) in [4.78, 5) is 34.0. The Morgan fingerprint density at radius 2 is 1.83 bits per heavy atom. The molecule has 152 valence electrons. The molecular formula is C22H20N4O2S2. The van der Waals surface area contributed by atoms with Crippen molar-refractivity contribution >= 4 is 45.0 Å². The lowest BCUT2D eigenvalue weighted by Crippen LogP contribution is -2.21. The molecule has 6 nitrogen and oxygen atoms in total. The minimum absolute atomic E-state index is 0.116. The van der Waals surface area contributed by atoms with Crippen LogP contribution in [-0.2, 0) is 11.8 Å². The van der Waals surface area contributed by atoms with Gasteiger partial charge in [0, 0.05) is 18.0 Å². The number of fused-ring (bicyclic) bond motifs is 1. The van der Waals surface area contributed by atoms with E-state index >= 15 is 0 Å². The van der Waals surface area contributed by atoms with Crippen LogP contribution in [0.1, 0.15) is 11.1 Å². The van der Waals surface area contributed by atoms with Crippen LogP contribution in [0.15, 0.2) is 57.8 Å². The maximum absolute atomic E-state index is 12.6. The van der Waals surface area contributed by atoms with Crippen LogP contribution in [0, 0.1) is 13.8 Å². The van der Waals surface area contributed by atoms with Crippen molar-refractivity contribution in [3.63, 3.8) is 0 Å². The minimum atomic E-state index is -0.192. The normalized spacial score (nSPS) is 11.0. The van der Waals surface area contributed by atoms with Crippen molar-refractivity contribution in [2.45, 2.75) is 19.0 Å². The van der Waals surface area contributed by atoms with E-state index in [1.54, 1.807) is 7.05 Å². The number of nitrogens with one attached hydrogen (secondary N) is 1. The maximum atomic E-state index is 12.6. The zero-order chi connectivity index (χ0) is 21.3. The third-order valence-corrected chi connectivity index (χ3v) is 6.41. The summed E-state index contributed by atoms with van der Waals surface area (Å²) in [6.45, 7) is 3.98. The van der Waals surface area contributed by atoms with Gasteiger partial charge in [-0.05, 0) is 26.0 Å². The molecule has 0 aliphatic rings. The first-order valence-corrected chi connectivity index (χ1v) is 11.2. The maximum Gasteiger partial charge on any atom is 0.261 e. The third kappa shape index (κ3) is 4.29. The van der Waals surface area contributed by atoms with Crippen molar-refractivity contribution in [3.05, 3.63) is 69.3 Å².